The molecule has 0 aliphatic rings. The van der Waals surface area contributed by atoms with Crippen LogP contribution in [0, 0.1) is 6.92 Å². The molecule has 0 unspecified atom stereocenters. The predicted molar refractivity (Wildman–Crippen MR) is 156 cm³/mol. The Morgan fingerprint density at radius 2 is 1.61 bits per heavy atom. The van der Waals surface area contributed by atoms with Gasteiger partial charge in [0.15, 0.2) is 0 Å². The Morgan fingerprint density at radius 1 is 0.868 bits per heavy atom. The van der Waals surface area contributed by atoms with Crippen LogP contribution in [0.5, 0.6) is 5.75 Å². The average Bonchev–Trinajstić information content (AvgIpc) is 3.24. The smallest absolute Gasteiger partial charge is 0.328 e. The van der Waals surface area contributed by atoms with E-state index in [9.17, 15) is 14.4 Å². The molecule has 3 aromatic carbocycles. The maximum absolute atomic E-state index is 13.2. The molecule has 10 heteroatoms. The second kappa shape index (κ2) is 12.3. The van der Waals surface area contributed by atoms with Gasteiger partial charge in [0.05, 0.1) is 12.1 Å². The maximum Gasteiger partial charge on any atom is 0.328 e. The van der Waals surface area contributed by atoms with E-state index < -0.39 is 17.7 Å². The molecule has 1 heterocycles. The number of fused-ring (bicyclic) bond motifs is 1. The highest BCUT2D eigenvalue weighted by atomic mass is 79.9. The minimum Gasteiger partial charge on any atom is -0.494 e. The lowest BCUT2D eigenvalue weighted by atomic mass is 10.2. The normalized spacial score (nSPS) is 10.7. The van der Waals surface area contributed by atoms with Gasteiger partial charge in [-0.15, -0.1) is 0 Å². The fraction of sp³-hybridized carbons (Fsp3) is 0.179. The van der Waals surface area contributed by atoms with Crippen LogP contribution in [0.3, 0.4) is 0 Å². The molecule has 4 rings (SSSR count). The van der Waals surface area contributed by atoms with Crippen molar-refractivity contribution < 1.29 is 19.1 Å². The van der Waals surface area contributed by atoms with Gasteiger partial charge in [0.2, 0.25) is 0 Å². The van der Waals surface area contributed by atoms with Crippen LogP contribution in [0.25, 0.3) is 10.9 Å². The molecule has 196 valence electrons. The first kappa shape index (κ1) is 27.4. The third kappa shape index (κ3) is 6.62. The Kier molecular flexibility index (Phi) is 8.85. The van der Waals surface area contributed by atoms with Crippen molar-refractivity contribution in [3.05, 3.63) is 86.9 Å². The van der Waals surface area contributed by atoms with E-state index in [4.69, 9.17) is 4.74 Å². The van der Waals surface area contributed by atoms with Crippen LogP contribution in [0.4, 0.5) is 11.4 Å². The number of carbonyl (C=O) groups excluding carboxylic acids is 3. The summed E-state index contributed by atoms with van der Waals surface area (Å²) >= 11 is 6.88. The molecule has 0 fully saturated rings. The highest BCUT2D eigenvalue weighted by Crippen LogP contribution is 2.25. The quantitative estimate of drug-likeness (QED) is 0.149. The van der Waals surface area contributed by atoms with Gasteiger partial charge in [-0.2, -0.15) is 0 Å². The van der Waals surface area contributed by atoms with Gasteiger partial charge in [0.1, 0.15) is 11.4 Å². The predicted octanol–water partition coefficient (Wildman–Crippen LogP) is 6.61. The van der Waals surface area contributed by atoms with Gasteiger partial charge in [-0.3, -0.25) is 19.8 Å². The van der Waals surface area contributed by atoms with Crippen molar-refractivity contribution in [3.63, 3.8) is 0 Å². The Labute approximate surface area is 237 Å². The summed E-state index contributed by atoms with van der Waals surface area (Å²) < 4.78 is 8.67. The van der Waals surface area contributed by atoms with E-state index in [1.807, 2.05) is 25.1 Å². The molecule has 1 aromatic heterocycles. The van der Waals surface area contributed by atoms with E-state index in [-0.39, 0.29) is 5.69 Å². The van der Waals surface area contributed by atoms with Crippen LogP contribution in [0.1, 0.15) is 35.8 Å². The molecule has 8 nitrogen and oxygen atoms in total. The third-order valence-corrected chi connectivity index (χ3v) is 7.09. The maximum atomic E-state index is 13.2. The van der Waals surface area contributed by atoms with Crippen molar-refractivity contribution in [1.82, 2.24) is 4.68 Å². The van der Waals surface area contributed by atoms with E-state index >= 15 is 0 Å². The number of halogens is 2. The number of amides is 3. The number of aromatic nitrogens is 1. The molecule has 0 radical (unpaired) electrons. The molecule has 38 heavy (non-hydrogen) atoms. The van der Waals surface area contributed by atoms with Crippen LogP contribution < -0.4 is 20.8 Å². The summed E-state index contributed by atoms with van der Waals surface area (Å²) in [4.78, 5) is 38.8. The van der Waals surface area contributed by atoms with Crippen LogP contribution in [0.15, 0.2) is 75.7 Å². The molecule has 4 aromatic rings. The zero-order chi connectivity index (χ0) is 27.2. The van der Waals surface area contributed by atoms with Crippen molar-refractivity contribution in [2.45, 2.75) is 26.7 Å². The lowest BCUT2D eigenvalue weighted by molar-refractivity contribution is -0.133. The fourth-order valence-electron chi connectivity index (χ4n) is 3.70. The molecule has 0 spiro atoms. The molecule has 0 saturated heterocycles. The molecular formula is C28H26Br2N4O4. The number of carbonyl (C=O) groups is 3. The third-order valence-electron chi connectivity index (χ3n) is 5.71. The largest absolute Gasteiger partial charge is 0.494 e. The standard InChI is InChI=1S/C28H26Br2N4O4/c1-3-4-13-38-22-9-6-20(7-10-22)31-27(36)28(37)33-34-24-12-5-19(29)15-18(24)16-25(34)26(35)32-21-8-11-23(30)17(2)14-21/h5-12,14-16H,3-4,13H2,1-2H3,(H,31,36)(H,32,35)(H,33,37). The highest BCUT2D eigenvalue weighted by Gasteiger charge is 2.21. The summed E-state index contributed by atoms with van der Waals surface area (Å²) in [5.74, 6) is -1.57. The number of nitrogens with one attached hydrogen (secondary N) is 3. The minimum absolute atomic E-state index is 0.161. The molecule has 0 bridgehead atoms. The van der Waals surface area contributed by atoms with Crippen LogP contribution >= 0.6 is 31.9 Å². The van der Waals surface area contributed by atoms with E-state index in [1.165, 1.54) is 4.68 Å². The summed E-state index contributed by atoms with van der Waals surface area (Å²) in [5.41, 5.74) is 5.28. The van der Waals surface area contributed by atoms with Gasteiger partial charge < -0.3 is 15.4 Å². The Balaban J connectivity index is 1.52. The molecule has 0 saturated carbocycles. The van der Waals surface area contributed by atoms with Gasteiger partial charge in [-0.25, -0.2) is 4.68 Å². The van der Waals surface area contributed by atoms with Crippen LogP contribution in [0.2, 0.25) is 0 Å². The fourth-order valence-corrected chi connectivity index (χ4v) is 4.33. The van der Waals surface area contributed by atoms with Crippen molar-refractivity contribution in [2.24, 2.45) is 0 Å². The first-order valence-electron chi connectivity index (χ1n) is 12.0. The van der Waals surface area contributed by atoms with E-state index in [1.54, 1.807) is 48.5 Å². The summed E-state index contributed by atoms with van der Waals surface area (Å²) in [5, 5.41) is 6.13. The minimum atomic E-state index is -0.928. The lowest BCUT2D eigenvalue weighted by Crippen LogP contribution is -2.36. The van der Waals surface area contributed by atoms with Gasteiger partial charge in [0, 0.05) is 25.7 Å². The first-order valence-corrected chi connectivity index (χ1v) is 13.6. The van der Waals surface area contributed by atoms with E-state index in [2.05, 4.69) is 54.8 Å². The summed E-state index contributed by atoms with van der Waals surface area (Å²) in [7, 11) is 0. The number of rotatable bonds is 8. The molecule has 0 aliphatic carbocycles. The van der Waals surface area contributed by atoms with Crippen LogP contribution in [-0.2, 0) is 9.59 Å². The summed E-state index contributed by atoms with van der Waals surface area (Å²) in [6, 6.07) is 19.2. The Bertz CT molecular complexity index is 1500. The molecule has 0 atom stereocenters. The van der Waals surface area contributed by atoms with Gasteiger partial charge in [-0.1, -0.05) is 45.2 Å². The summed E-state index contributed by atoms with van der Waals surface area (Å²) in [6.07, 6.45) is 1.98. The topological polar surface area (TPSA) is 101 Å². The number of anilines is 2. The number of hydrogen-bond donors (Lipinski definition) is 3. The number of nitrogens with zero attached hydrogens (tertiary/aromatic N) is 1. The van der Waals surface area contributed by atoms with Crippen molar-refractivity contribution in [2.75, 3.05) is 22.7 Å². The number of unbranched alkanes of at least 4 members (excludes halogenated alkanes) is 1. The van der Waals surface area contributed by atoms with E-state index in [0.717, 1.165) is 27.4 Å². The van der Waals surface area contributed by atoms with Gasteiger partial charge in [-0.05, 0) is 85.6 Å². The SMILES string of the molecule is CCCCOc1ccc(NC(=O)C(=O)Nn2c(C(=O)Nc3ccc(Br)c(C)c3)cc3cc(Br)ccc32)cc1. The highest BCUT2D eigenvalue weighted by molar-refractivity contribution is 9.10. The molecule has 0 aliphatic heterocycles. The Hall–Kier alpha value is -3.63. The number of hydrogen-bond acceptors (Lipinski definition) is 4. The zero-order valence-electron chi connectivity index (χ0n) is 20.8. The molecule has 3 amide bonds. The van der Waals surface area contributed by atoms with Crippen molar-refractivity contribution in [1.29, 1.82) is 0 Å². The van der Waals surface area contributed by atoms with E-state index in [0.29, 0.717) is 34.6 Å². The zero-order valence-corrected chi connectivity index (χ0v) is 24.0. The average molecular weight is 642 g/mol. The van der Waals surface area contributed by atoms with Crippen molar-refractivity contribution >= 4 is 71.9 Å². The monoisotopic (exact) mass is 640 g/mol. The molecular weight excluding hydrogens is 616 g/mol. The van der Waals surface area contributed by atoms with Crippen molar-refractivity contribution in [3.8, 4) is 5.75 Å². The lowest BCUT2D eigenvalue weighted by Gasteiger charge is -2.13. The Morgan fingerprint density at radius 3 is 2.32 bits per heavy atom. The number of benzene rings is 3. The summed E-state index contributed by atoms with van der Waals surface area (Å²) in [6.45, 7) is 4.62. The number of ether oxygens (including phenoxy) is 1. The van der Waals surface area contributed by atoms with Crippen LogP contribution in [-0.4, -0.2) is 29.0 Å². The second-order valence-electron chi connectivity index (χ2n) is 8.61. The first-order chi connectivity index (χ1) is 18.2. The number of aryl methyl sites for hydroxylation is 1. The van der Waals surface area contributed by atoms with Gasteiger partial charge >= 0.3 is 11.8 Å². The van der Waals surface area contributed by atoms with Gasteiger partial charge in [0.25, 0.3) is 5.91 Å². The second-order valence-corrected chi connectivity index (χ2v) is 10.4. The molecule has 3 N–H and O–H groups in total.